The Balaban J connectivity index is 1.97. The summed E-state index contributed by atoms with van der Waals surface area (Å²) in [6, 6.07) is 11.7. The first-order valence-corrected chi connectivity index (χ1v) is 7.02. The molecule has 1 aliphatic heterocycles. The highest BCUT2D eigenvalue weighted by Gasteiger charge is 2.29. The maximum Gasteiger partial charge on any atom is 0.206 e. The molecule has 1 aromatic rings. The number of hydrogen-bond acceptors (Lipinski definition) is 3. The second kappa shape index (κ2) is 5.34. The molecule has 3 rings (SSSR count). The number of nitriles is 1. The predicted octanol–water partition coefficient (Wildman–Crippen LogP) is 2.92. The van der Waals surface area contributed by atoms with Crippen molar-refractivity contribution in [2.75, 3.05) is 13.1 Å². The van der Waals surface area contributed by atoms with Crippen LogP contribution in [0.1, 0.15) is 24.8 Å². The number of carbonyl (C=O) groups excluding carboxylic acids is 1. The van der Waals surface area contributed by atoms with Gasteiger partial charge in [-0.3, -0.25) is 4.79 Å². The van der Waals surface area contributed by atoms with Crippen LogP contribution in [-0.2, 0) is 4.79 Å². The van der Waals surface area contributed by atoms with Crippen LogP contribution in [0.5, 0.6) is 0 Å². The Kier molecular flexibility index (Phi) is 3.39. The minimum Gasteiger partial charge on any atom is -0.370 e. The van der Waals surface area contributed by atoms with Gasteiger partial charge in [-0.05, 0) is 30.9 Å². The van der Waals surface area contributed by atoms with E-state index < -0.39 is 0 Å². The molecule has 0 aromatic heterocycles. The molecule has 1 aliphatic carbocycles. The smallest absolute Gasteiger partial charge is 0.206 e. The van der Waals surface area contributed by atoms with Crippen molar-refractivity contribution in [3.05, 3.63) is 53.2 Å². The van der Waals surface area contributed by atoms with Crippen molar-refractivity contribution < 1.29 is 4.79 Å². The number of allylic oxidation sites excluding steroid dienone is 3. The average molecular weight is 264 g/mol. The summed E-state index contributed by atoms with van der Waals surface area (Å²) in [5.74, 6) is -0.140. The molecule has 0 amide bonds. The zero-order chi connectivity index (χ0) is 13.9. The standard InChI is InChI=1S/C17H16N2O/c18-12-15-16(19-9-5-2-6-10-19)11-14(17(15)20)13-7-3-1-4-8-13/h1,3-4,7-8,11H,2,5-6,9-10H2. The molecule has 1 fully saturated rings. The number of piperidine rings is 1. The fraction of sp³-hybridized carbons (Fsp3) is 0.294. The van der Waals surface area contributed by atoms with E-state index >= 15 is 0 Å². The zero-order valence-electron chi connectivity index (χ0n) is 11.3. The van der Waals surface area contributed by atoms with Crippen molar-refractivity contribution in [1.29, 1.82) is 5.26 Å². The third-order valence-corrected chi connectivity index (χ3v) is 3.90. The summed E-state index contributed by atoms with van der Waals surface area (Å²) in [6.07, 6.45) is 5.38. The van der Waals surface area contributed by atoms with Gasteiger partial charge in [-0.15, -0.1) is 0 Å². The molecule has 1 saturated heterocycles. The minimum absolute atomic E-state index is 0.140. The minimum atomic E-state index is -0.140. The Morgan fingerprint density at radius 2 is 1.75 bits per heavy atom. The molecule has 100 valence electrons. The topological polar surface area (TPSA) is 44.1 Å². The summed E-state index contributed by atoms with van der Waals surface area (Å²) in [4.78, 5) is 14.6. The van der Waals surface area contributed by atoms with Crippen LogP contribution in [0.3, 0.4) is 0 Å². The largest absolute Gasteiger partial charge is 0.370 e. The van der Waals surface area contributed by atoms with Gasteiger partial charge in [-0.2, -0.15) is 5.26 Å². The van der Waals surface area contributed by atoms with E-state index in [1.807, 2.05) is 36.4 Å². The van der Waals surface area contributed by atoms with Gasteiger partial charge in [0.05, 0.1) is 5.70 Å². The Bertz CT molecular complexity index is 629. The van der Waals surface area contributed by atoms with Crippen molar-refractivity contribution in [3.8, 4) is 6.07 Å². The van der Waals surface area contributed by atoms with Crippen LogP contribution in [0.4, 0.5) is 0 Å². The van der Waals surface area contributed by atoms with Crippen molar-refractivity contribution >= 4 is 11.4 Å². The van der Waals surface area contributed by atoms with E-state index in [4.69, 9.17) is 0 Å². The lowest BCUT2D eigenvalue weighted by atomic mass is 10.0. The predicted molar refractivity (Wildman–Crippen MR) is 77.5 cm³/mol. The Labute approximate surface area is 118 Å². The first-order valence-electron chi connectivity index (χ1n) is 7.02. The van der Waals surface area contributed by atoms with E-state index in [2.05, 4.69) is 11.0 Å². The quantitative estimate of drug-likeness (QED) is 0.825. The molecule has 20 heavy (non-hydrogen) atoms. The first-order chi connectivity index (χ1) is 9.81. The molecule has 0 bridgehead atoms. The van der Waals surface area contributed by atoms with Crippen molar-refractivity contribution in [3.63, 3.8) is 0 Å². The van der Waals surface area contributed by atoms with Crippen molar-refractivity contribution in [2.45, 2.75) is 19.3 Å². The van der Waals surface area contributed by atoms with Crippen LogP contribution < -0.4 is 0 Å². The summed E-state index contributed by atoms with van der Waals surface area (Å²) in [5, 5.41) is 9.31. The molecular weight excluding hydrogens is 248 g/mol. The Morgan fingerprint density at radius 1 is 1.05 bits per heavy atom. The SMILES string of the molecule is N#CC1=C(N2CCCCC2)C=C(c2ccccc2)C1=O. The molecule has 0 N–H and O–H groups in total. The number of Topliss-reactive ketones (excluding diaryl/α,β-unsaturated/α-hetero) is 1. The number of nitrogens with zero attached hydrogens (tertiary/aromatic N) is 2. The number of carbonyl (C=O) groups is 1. The van der Waals surface area contributed by atoms with E-state index in [0.717, 1.165) is 37.2 Å². The molecule has 0 saturated carbocycles. The highest BCUT2D eigenvalue weighted by atomic mass is 16.1. The number of rotatable bonds is 2. The summed E-state index contributed by atoms with van der Waals surface area (Å²) in [5.41, 5.74) is 2.64. The summed E-state index contributed by atoms with van der Waals surface area (Å²) in [7, 11) is 0. The Hall–Kier alpha value is -2.34. The van der Waals surface area contributed by atoms with E-state index in [0.29, 0.717) is 11.1 Å². The highest BCUT2D eigenvalue weighted by Crippen LogP contribution is 2.32. The van der Waals surface area contributed by atoms with Crippen LogP contribution in [0.25, 0.3) is 5.57 Å². The van der Waals surface area contributed by atoms with E-state index in [-0.39, 0.29) is 5.78 Å². The first kappa shape index (κ1) is 12.7. The van der Waals surface area contributed by atoms with Crippen LogP contribution in [-0.4, -0.2) is 23.8 Å². The van der Waals surface area contributed by atoms with Crippen LogP contribution in [0.2, 0.25) is 0 Å². The van der Waals surface area contributed by atoms with E-state index in [1.54, 1.807) is 0 Å². The lowest BCUT2D eigenvalue weighted by Crippen LogP contribution is -2.28. The fourth-order valence-corrected chi connectivity index (χ4v) is 2.85. The second-order valence-electron chi connectivity index (χ2n) is 5.17. The lowest BCUT2D eigenvalue weighted by molar-refractivity contribution is -0.110. The van der Waals surface area contributed by atoms with Gasteiger partial charge >= 0.3 is 0 Å². The van der Waals surface area contributed by atoms with E-state index in [1.165, 1.54) is 6.42 Å². The number of benzene rings is 1. The second-order valence-corrected chi connectivity index (χ2v) is 5.17. The van der Waals surface area contributed by atoms with Gasteiger partial charge in [0, 0.05) is 18.7 Å². The van der Waals surface area contributed by atoms with Crippen LogP contribution >= 0.6 is 0 Å². The average Bonchev–Trinajstić information content (AvgIpc) is 2.86. The maximum absolute atomic E-state index is 12.4. The lowest BCUT2D eigenvalue weighted by Gasteiger charge is -2.29. The fourth-order valence-electron chi connectivity index (χ4n) is 2.85. The van der Waals surface area contributed by atoms with Crippen molar-refractivity contribution in [2.24, 2.45) is 0 Å². The van der Waals surface area contributed by atoms with Crippen molar-refractivity contribution in [1.82, 2.24) is 4.90 Å². The number of hydrogen-bond donors (Lipinski definition) is 0. The molecule has 0 spiro atoms. The molecule has 1 aromatic carbocycles. The highest BCUT2D eigenvalue weighted by molar-refractivity contribution is 6.33. The van der Waals surface area contributed by atoms with Gasteiger partial charge in [-0.25, -0.2) is 0 Å². The molecule has 2 aliphatic rings. The zero-order valence-corrected chi connectivity index (χ0v) is 11.3. The summed E-state index contributed by atoms with van der Waals surface area (Å²) < 4.78 is 0. The molecule has 3 nitrogen and oxygen atoms in total. The molecular formula is C17H16N2O. The van der Waals surface area contributed by atoms with Gasteiger partial charge in [-0.1, -0.05) is 30.3 Å². The normalized spacial score (nSPS) is 19.1. The molecule has 0 unspecified atom stereocenters. The van der Waals surface area contributed by atoms with Gasteiger partial charge in [0.25, 0.3) is 0 Å². The molecule has 0 radical (unpaired) electrons. The molecule has 0 atom stereocenters. The van der Waals surface area contributed by atoms with Crippen LogP contribution in [0, 0.1) is 11.3 Å². The van der Waals surface area contributed by atoms with Gasteiger partial charge in [0.2, 0.25) is 5.78 Å². The summed E-state index contributed by atoms with van der Waals surface area (Å²) >= 11 is 0. The van der Waals surface area contributed by atoms with E-state index in [9.17, 15) is 10.1 Å². The molecule has 3 heteroatoms. The third-order valence-electron chi connectivity index (χ3n) is 3.90. The van der Waals surface area contributed by atoms with Gasteiger partial charge < -0.3 is 4.90 Å². The Morgan fingerprint density at radius 3 is 2.40 bits per heavy atom. The van der Waals surface area contributed by atoms with Gasteiger partial charge in [0.1, 0.15) is 11.6 Å². The third kappa shape index (κ3) is 2.14. The monoisotopic (exact) mass is 264 g/mol. The van der Waals surface area contributed by atoms with Crippen LogP contribution in [0.15, 0.2) is 47.7 Å². The number of likely N-dealkylation sites (tertiary alicyclic amines) is 1. The number of ketones is 1. The van der Waals surface area contributed by atoms with Gasteiger partial charge in [0.15, 0.2) is 0 Å². The summed E-state index contributed by atoms with van der Waals surface area (Å²) in [6.45, 7) is 1.87. The molecule has 1 heterocycles. The maximum atomic E-state index is 12.4.